The fourth-order valence-electron chi connectivity index (χ4n) is 3.04. The zero-order chi connectivity index (χ0) is 18.5. The highest BCUT2D eigenvalue weighted by atomic mass is 16.5. The van der Waals surface area contributed by atoms with Crippen molar-refractivity contribution in [3.63, 3.8) is 0 Å². The zero-order valence-corrected chi connectivity index (χ0v) is 15.6. The molecular formula is C21H32O4. The van der Waals surface area contributed by atoms with E-state index in [2.05, 4.69) is 26.0 Å². The first-order valence-corrected chi connectivity index (χ1v) is 9.52. The minimum absolute atomic E-state index is 0.106. The minimum atomic E-state index is -0.819. The Morgan fingerprint density at radius 3 is 2.32 bits per heavy atom. The van der Waals surface area contributed by atoms with Gasteiger partial charge in [0.2, 0.25) is 0 Å². The third-order valence-corrected chi connectivity index (χ3v) is 4.56. The molecule has 140 valence electrons. The summed E-state index contributed by atoms with van der Waals surface area (Å²) in [4.78, 5) is 22.8. The van der Waals surface area contributed by atoms with Crippen molar-refractivity contribution in [2.75, 3.05) is 0 Å². The van der Waals surface area contributed by atoms with Crippen LogP contribution in [0.2, 0.25) is 0 Å². The Morgan fingerprint density at radius 2 is 1.72 bits per heavy atom. The molecule has 0 radical (unpaired) electrons. The summed E-state index contributed by atoms with van der Waals surface area (Å²) in [6, 6.07) is 10.1. The first kappa shape index (κ1) is 21.2. The van der Waals surface area contributed by atoms with Crippen LogP contribution in [0.25, 0.3) is 0 Å². The number of ether oxygens (including phenoxy) is 1. The smallest absolute Gasteiger partial charge is 0.306 e. The van der Waals surface area contributed by atoms with Gasteiger partial charge in [0.25, 0.3) is 0 Å². The van der Waals surface area contributed by atoms with Crippen molar-refractivity contribution in [3.05, 3.63) is 35.9 Å². The van der Waals surface area contributed by atoms with Crippen LogP contribution in [0.5, 0.6) is 0 Å². The van der Waals surface area contributed by atoms with E-state index in [1.807, 2.05) is 18.2 Å². The van der Waals surface area contributed by atoms with Gasteiger partial charge in [-0.1, -0.05) is 57.0 Å². The molecule has 0 saturated carbocycles. The monoisotopic (exact) mass is 348 g/mol. The molecule has 1 aromatic carbocycles. The van der Waals surface area contributed by atoms with E-state index in [-0.39, 0.29) is 18.5 Å². The third-order valence-electron chi connectivity index (χ3n) is 4.56. The lowest BCUT2D eigenvalue weighted by molar-refractivity contribution is -0.152. The Morgan fingerprint density at radius 1 is 1.04 bits per heavy atom. The van der Waals surface area contributed by atoms with Gasteiger partial charge in [-0.25, -0.2) is 0 Å². The molecule has 1 aromatic rings. The van der Waals surface area contributed by atoms with Gasteiger partial charge in [0.15, 0.2) is 0 Å². The van der Waals surface area contributed by atoms with Gasteiger partial charge < -0.3 is 9.84 Å². The predicted octanol–water partition coefficient (Wildman–Crippen LogP) is 5.00. The van der Waals surface area contributed by atoms with Gasteiger partial charge in [-0.15, -0.1) is 0 Å². The number of unbranched alkanes of at least 4 members (excludes halogenated alkanes) is 2. The van der Waals surface area contributed by atoms with Crippen molar-refractivity contribution >= 4 is 11.9 Å². The summed E-state index contributed by atoms with van der Waals surface area (Å²) in [5, 5.41) is 8.66. The molecule has 2 unspecified atom stereocenters. The predicted molar refractivity (Wildman–Crippen MR) is 99.4 cm³/mol. The lowest BCUT2D eigenvalue weighted by Gasteiger charge is -2.26. The molecule has 0 aliphatic carbocycles. The molecule has 1 rings (SSSR count). The third kappa shape index (κ3) is 9.28. The van der Waals surface area contributed by atoms with Crippen molar-refractivity contribution in [1.29, 1.82) is 0 Å². The highest BCUT2D eigenvalue weighted by molar-refractivity contribution is 5.70. The van der Waals surface area contributed by atoms with E-state index in [9.17, 15) is 9.59 Å². The van der Waals surface area contributed by atoms with Crippen LogP contribution in [0.1, 0.15) is 70.8 Å². The second-order valence-corrected chi connectivity index (χ2v) is 6.63. The molecule has 0 heterocycles. The summed E-state index contributed by atoms with van der Waals surface area (Å²) in [6.07, 6.45) is 6.45. The summed E-state index contributed by atoms with van der Waals surface area (Å²) in [5.41, 5.74) is 1.18. The number of benzene rings is 1. The first-order valence-electron chi connectivity index (χ1n) is 9.52. The summed E-state index contributed by atoms with van der Waals surface area (Å²) in [5.74, 6) is -0.662. The lowest BCUT2D eigenvalue weighted by atomic mass is 9.89. The van der Waals surface area contributed by atoms with E-state index < -0.39 is 5.97 Å². The number of hydrogen-bond donors (Lipinski definition) is 1. The average molecular weight is 348 g/mol. The molecule has 0 bridgehead atoms. The van der Waals surface area contributed by atoms with E-state index in [0.29, 0.717) is 25.2 Å². The van der Waals surface area contributed by atoms with Crippen LogP contribution in [-0.2, 0) is 20.7 Å². The molecule has 4 heteroatoms. The fraction of sp³-hybridized carbons (Fsp3) is 0.619. The van der Waals surface area contributed by atoms with Crippen LogP contribution in [0.3, 0.4) is 0 Å². The quantitative estimate of drug-likeness (QED) is 0.402. The molecule has 1 N–H and O–H groups in total. The van der Waals surface area contributed by atoms with Gasteiger partial charge in [0.05, 0.1) is 0 Å². The van der Waals surface area contributed by atoms with Gasteiger partial charge in [0.1, 0.15) is 6.10 Å². The molecule has 0 amide bonds. The van der Waals surface area contributed by atoms with E-state index in [0.717, 1.165) is 32.1 Å². The summed E-state index contributed by atoms with van der Waals surface area (Å²) in [6.45, 7) is 4.33. The van der Waals surface area contributed by atoms with Gasteiger partial charge in [-0.05, 0) is 37.2 Å². The number of carbonyl (C=O) groups is 2. The van der Waals surface area contributed by atoms with E-state index in [1.54, 1.807) is 0 Å². The van der Waals surface area contributed by atoms with Crippen LogP contribution in [0.4, 0.5) is 0 Å². The van der Waals surface area contributed by atoms with Crippen molar-refractivity contribution in [3.8, 4) is 0 Å². The van der Waals surface area contributed by atoms with Gasteiger partial charge in [-0.2, -0.15) is 0 Å². The largest absolute Gasteiger partial charge is 0.481 e. The van der Waals surface area contributed by atoms with Crippen molar-refractivity contribution in [2.24, 2.45) is 5.92 Å². The van der Waals surface area contributed by atoms with E-state index in [1.165, 1.54) is 5.56 Å². The molecule has 0 aromatic heterocycles. The number of esters is 1. The van der Waals surface area contributed by atoms with E-state index >= 15 is 0 Å². The number of rotatable bonds is 13. The Hall–Kier alpha value is -1.84. The number of carboxylic acids is 1. The average Bonchev–Trinajstić information content (AvgIpc) is 2.60. The fourth-order valence-corrected chi connectivity index (χ4v) is 3.04. The van der Waals surface area contributed by atoms with Crippen LogP contribution in [0.15, 0.2) is 30.3 Å². The topological polar surface area (TPSA) is 63.6 Å². The summed E-state index contributed by atoms with van der Waals surface area (Å²) >= 11 is 0. The highest BCUT2D eigenvalue weighted by Gasteiger charge is 2.24. The maximum absolute atomic E-state index is 12.2. The van der Waals surface area contributed by atoms with Crippen LogP contribution in [0, 0.1) is 5.92 Å². The summed E-state index contributed by atoms with van der Waals surface area (Å²) in [7, 11) is 0. The molecule has 0 aliphatic heterocycles. The Balaban J connectivity index is 2.62. The molecule has 0 aliphatic rings. The van der Waals surface area contributed by atoms with Crippen molar-refractivity contribution < 1.29 is 19.4 Å². The SMILES string of the molecule is CCCCC(CC)C(Cc1ccccc1)OC(=O)CCCCC(=O)O. The number of aliphatic carboxylic acids is 1. The van der Waals surface area contributed by atoms with Crippen LogP contribution >= 0.6 is 0 Å². The molecule has 0 fully saturated rings. The maximum atomic E-state index is 12.2. The molecule has 2 atom stereocenters. The van der Waals surface area contributed by atoms with E-state index in [4.69, 9.17) is 9.84 Å². The van der Waals surface area contributed by atoms with Crippen molar-refractivity contribution in [2.45, 2.75) is 77.7 Å². The van der Waals surface area contributed by atoms with Crippen molar-refractivity contribution in [1.82, 2.24) is 0 Å². The first-order chi connectivity index (χ1) is 12.1. The van der Waals surface area contributed by atoms with Gasteiger partial charge in [-0.3, -0.25) is 9.59 Å². The molecule has 0 spiro atoms. The number of carbonyl (C=O) groups excluding carboxylic acids is 1. The number of carboxylic acid groups (broad SMARTS) is 1. The minimum Gasteiger partial charge on any atom is -0.481 e. The molecular weight excluding hydrogens is 316 g/mol. The maximum Gasteiger partial charge on any atom is 0.306 e. The van der Waals surface area contributed by atoms with Gasteiger partial charge >= 0.3 is 11.9 Å². The standard InChI is InChI=1S/C21H32O4/c1-3-5-13-18(4-2)19(16-17-11-7-6-8-12-17)25-21(24)15-10-9-14-20(22)23/h6-8,11-12,18-19H,3-5,9-10,13-16H2,1-2H3,(H,22,23). The van der Waals surface area contributed by atoms with Gasteiger partial charge in [0, 0.05) is 19.3 Å². The molecule has 4 nitrogen and oxygen atoms in total. The highest BCUT2D eigenvalue weighted by Crippen LogP contribution is 2.23. The Bertz CT molecular complexity index is 498. The van der Waals surface area contributed by atoms with Crippen LogP contribution < -0.4 is 0 Å². The lowest BCUT2D eigenvalue weighted by Crippen LogP contribution is -2.29. The second kappa shape index (κ2) is 12.5. The molecule has 25 heavy (non-hydrogen) atoms. The normalized spacial score (nSPS) is 13.2. The Labute approximate surface area is 151 Å². The zero-order valence-electron chi connectivity index (χ0n) is 15.6. The summed E-state index contributed by atoms with van der Waals surface area (Å²) < 4.78 is 5.83. The van der Waals surface area contributed by atoms with Crippen LogP contribution in [-0.4, -0.2) is 23.1 Å². The second-order valence-electron chi connectivity index (χ2n) is 6.63. The number of hydrogen-bond acceptors (Lipinski definition) is 3. The Kier molecular flexibility index (Phi) is 10.6. The molecule has 0 saturated heterocycles.